The van der Waals surface area contributed by atoms with Crippen LogP contribution in [-0.2, 0) is 11.8 Å². The molecule has 7 heteroatoms. The van der Waals surface area contributed by atoms with Crippen molar-refractivity contribution in [2.45, 2.75) is 6.04 Å². The van der Waals surface area contributed by atoms with Crippen LogP contribution in [0.5, 0.6) is 0 Å². The van der Waals surface area contributed by atoms with Crippen LogP contribution in [-0.4, -0.2) is 48.2 Å². The fourth-order valence-corrected chi connectivity index (χ4v) is 3.12. The monoisotopic (exact) mass is 349 g/mol. The Morgan fingerprint density at radius 3 is 2.48 bits per heavy atom. The third-order valence-corrected chi connectivity index (χ3v) is 4.46. The number of halogens is 2. The number of nitrogens with zero attached hydrogens (tertiary/aromatic N) is 2. The van der Waals surface area contributed by atoms with Crippen molar-refractivity contribution < 1.29 is 18.3 Å². The number of hydrogen-bond acceptors (Lipinski definition) is 3. The Labute approximate surface area is 145 Å². The van der Waals surface area contributed by atoms with Crippen molar-refractivity contribution in [1.29, 1.82) is 0 Å². The van der Waals surface area contributed by atoms with Crippen molar-refractivity contribution in [2.75, 3.05) is 32.8 Å². The smallest absolute Gasteiger partial charge is 0.257 e. The minimum Gasteiger partial charge on any atom is -0.379 e. The number of carbonyl (C=O) groups is 1. The molecule has 5 nitrogen and oxygen atoms in total. The van der Waals surface area contributed by atoms with Gasteiger partial charge in [0.25, 0.3) is 5.91 Å². The van der Waals surface area contributed by atoms with Gasteiger partial charge in [0.1, 0.15) is 17.2 Å². The Morgan fingerprint density at radius 1 is 1.20 bits per heavy atom. The summed E-state index contributed by atoms with van der Waals surface area (Å²) in [5.41, 5.74) is 0.478. The van der Waals surface area contributed by atoms with Gasteiger partial charge in [-0.3, -0.25) is 9.69 Å². The van der Waals surface area contributed by atoms with E-state index in [1.165, 1.54) is 6.07 Å². The second kappa shape index (κ2) is 7.76. The van der Waals surface area contributed by atoms with Crippen LogP contribution in [0.4, 0.5) is 8.78 Å². The Bertz CT molecular complexity index is 721. The van der Waals surface area contributed by atoms with Crippen molar-refractivity contribution in [3.8, 4) is 0 Å². The first-order valence-electron chi connectivity index (χ1n) is 8.23. The molecule has 0 saturated carbocycles. The van der Waals surface area contributed by atoms with Crippen molar-refractivity contribution in [3.63, 3.8) is 0 Å². The Kier molecular flexibility index (Phi) is 5.45. The van der Waals surface area contributed by atoms with Gasteiger partial charge in [0.05, 0.1) is 19.3 Å². The van der Waals surface area contributed by atoms with Gasteiger partial charge in [-0.15, -0.1) is 0 Å². The number of amides is 1. The van der Waals surface area contributed by atoms with Gasteiger partial charge >= 0.3 is 0 Å². The lowest BCUT2D eigenvalue weighted by Crippen LogP contribution is -2.44. The molecule has 1 amide bonds. The van der Waals surface area contributed by atoms with Crippen LogP contribution in [0, 0.1) is 11.6 Å². The van der Waals surface area contributed by atoms with E-state index < -0.39 is 23.1 Å². The van der Waals surface area contributed by atoms with E-state index in [0.29, 0.717) is 13.2 Å². The van der Waals surface area contributed by atoms with Gasteiger partial charge in [0.2, 0.25) is 0 Å². The van der Waals surface area contributed by atoms with Crippen LogP contribution in [0.1, 0.15) is 22.1 Å². The number of benzene rings is 1. The summed E-state index contributed by atoms with van der Waals surface area (Å²) in [6.07, 6.45) is 1.93. The minimum absolute atomic E-state index is 0.0947. The summed E-state index contributed by atoms with van der Waals surface area (Å²) in [7, 11) is 1.93. The van der Waals surface area contributed by atoms with Crippen LogP contribution in [0.2, 0.25) is 0 Å². The van der Waals surface area contributed by atoms with Gasteiger partial charge < -0.3 is 14.6 Å². The van der Waals surface area contributed by atoms with Gasteiger partial charge in [-0.05, 0) is 24.3 Å². The lowest BCUT2D eigenvalue weighted by molar-refractivity contribution is 0.0148. The number of ether oxygens (including phenoxy) is 1. The second-order valence-corrected chi connectivity index (χ2v) is 6.01. The average Bonchev–Trinajstić information content (AvgIpc) is 3.02. The predicted octanol–water partition coefficient (Wildman–Crippen LogP) is 2.11. The van der Waals surface area contributed by atoms with Gasteiger partial charge in [0.15, 0.2) is 0 Å². The Morgan fingerprint density at radius 2 is 1.88 bits per heavy atom. The molecule has 1 aliphatic rings. The summed E-state index contributed by atoms with van der Waals surface area (Å²) in [4.78, 5) is 14.5. The normalized spacial score (nSPS) is 16.6. The third-order valence-electron chi connectivity index (χ3n) is 4.46. The van der Waals surface area contributed by atoms with Crippen LogP contribution in [0.3, 0.4) is 0 Å². The summed E-state index contributed by atoms with van der Waals surface area (Å²) >= 11 is 0. The summed E-state index contributed by atoms with van der Waals surface area (Å²) < 4.78 is 34.9. The predicted molar refractivity (Wildman–Crippen MR) is 89.2 cm³/mol. The minimum atomic E-state index is -0.862. The number of carbonyl (C=O) groups excluding carboxylic acids is 1. The molecule has 0 unspecified atom stereocenters. The molecule has 3 rings (SSSR count). The molecule has 134 valence electrons. The quantitative estimate of drug-likeness (QED) is 0.899. The Balaban J connectivity index is 1.76. The highest BCUT2D eigenvalue weighted by Crippen LogP contribution is 2.22. The SMILES string of the molecule is Cn1cccc1[C@@H](CNC(=O)c1c(F)cccc1F)N1CCOCC1. The van der Waals surface area contributed by atoms with Crippen molar-refractivity contribution in [3.05, 3.63) is 59.4 Å². The zero-order valence-corrected chi connectivity index (χ0v) is 14.0. The highest BCUT2D eigenvalue weighted by molar-refractivity contribution is 5.94. The van der Waals surface area contributed by atoms with Gasteiger partial charge in [0, 0.05) is 38.6 Å². The van der Waals surface area contributed by atoms with E-state index in [1.807, 2.05) is 29.9 Å². The van der Waals surface area contributed by atoms with E-state index in [0.717, 1.165) is 30.9 Å². The number of hydrogen-bond donors (Lipinski definition) is 1. The molecule has 1 aromatic carbocycles. The molecule has 0 spiro atoms. The molecule has 0 bridgehead atoms. The largest absolute Gasteiger partial charge is 0.379 e. The topological polar surface area (TPSA) is 46.5 Å². The number of nitrogens with one attached hydrogen (secondary N) is 1. The maximum absolute atomic E-state index is 13.8. The summed E-state index contributed by atoms with van der Waals surface area (Å²) in [6.45, 7) is 2.97. The number of rotatable bonds is 5. The molecular formula is C18H21F2N3O2. The zero-order chi connectivity index (χ0) is 17.8. The highest BCUT2D eigenvalue weighted by Gasteiger charge is 2.26. The summed E-state index contributed by atoms with van der Waals surface area (Å²) in [6, 6.07) is 7.21. The highest BCUT2D eigenvalue weighted by atomic mass is 19.1. The van der Waals surface area contributed by atoms with Gasteiger partial charge in [-0.25, -0.2) is 8.78 Å². The first-order chi connectivity index (χ1) is 12.1. The van der Waals surface area contributed by atoms with E-state index >= 15 is 0 Å². The fourth-order valence-electron chi connectivity index (χ4n) is 3.12. The van der Waals surface area contributed by atoms with Crippen molar-refractivity contribution >= 4 is 5.91 Å². The summed E-state index contributed by atoms with van der Waals surface area (Å²) in [5, 5.41) is 2.68. The van der Waals surface area contributed by atoms with Gasteiger partial charge in [-0.2, -0.15) is 0 Å². The van der Waals surface area contributed by atoms with E-state index in [9.17, 15) is 13.6 Å². The lowest BCUT2D eigenvalue weighted by Gasteiger charge is -2.35. The van der Waals surface area contributed by atoms with E-state index in [2.05, 4.69) is 10.2 Å². The standard InChI is InChI=1S/C18H21F2N3O2/c1-22-7-3-6-15(22)16(23-8-10-25-11-9-23)12-21-18(24)17-13(19)4-2-5-14(17)20/h2-7,16H,8-12H2,1H3,(H,21,24)/t16-/m1/s1. The molecule has 0 aliphatic carbocycles. The second-order valence-electron chi connectivity index (χ2n) is 6.01. The first kappa shape index (κ1) is 17.6. The zero-order valence-electron chi connectivity index (χ0n) is 14.0. The lowest BCUT2D eigenvalue weighted by atomic mass is 10.1. The number of aryl methyl sites for hydroxylation is 1. The molecule has 1 atom stereocenters. The molecule has 2 aromatic rings. The molecule has 1 aliphatic heterocycles. The fraction of sp³-hybridized carbons (Fsp3) is 0.389. The van der Waals surface area contributed by atoms with Crippen LogP contribution < -0.4 is 5.32 Å². The molecular weight excluding hydrogens is 328 g/mol. The average molecular weight is 349 g/mol. The van der Waals surface area contributed by atoms with Crippen molar-refractivity contribution in [1.82, 2.24) is 14.8 Å². The maximum atomic E-state index is 13.8. The first-order valence-corrected chi connectivity index (χ1v) is 8.23. The van der Waals surface area contributed by atoms with E-state index in [-0.39, 0.29) is 12.6 Å². The Hall–Kier alpha value is -2.25. The molecule has 1 N–H and O–H groups in total. The molecule has 2 heterocycles. The van der Waals surface area contributed by atoms with E-state index in [1.54, 1.807) is 0 Å². The molecule has 1 aromatic heterocycles. The number of morpholine rings is 1. The van der Waals surface area contributed by atoms with Crippen LogP contribution >= 0.6 is 0 Å². The maximum Gasteiger partial charge on any atom is 0.257 e. The van der Waals surface area contributed by atoms with Crippen LogP contribution in [0.15, 0.2) is 36.5 Å². The molecule has 0 radical (unpaired) electrons. The van der Waals surface area contributed by atoms with E-state index in [4.69, 9.17) is 4.74 Å². The molecule has 1 saturated heterocycles. The molecule has 25 heavy (non-hydrogen) atoms. The third kappa shape index (κ3) is 3.88. The summed E-state index contributed by atoms with van der Waals surface area (Å²) in [5.74, 6) is -2.47. The van der Waals surface area contributed by atoms with Gasteiger partial charge in [-0.1, -0.05) is 6.07 Å². The van der Waals surface area contributed by atoms with Crippen molar-refractivity contribution in [2.24, 2.45) is 7.05 Å². The number of aromatic nitrogens is 1. The molecule has 1 fully saturated rings. The van der Waals surface area contributed by atoms with Crippen LogP contribution in [0.25, 0.3) is 0 Å².